The first-order valence-electron chi connectivity index (χ1n) is 8.01. The fourth-order valence-electron chi connectivity index (χ4n) is 2.83. The SMILES string of the molecule is CCNCCCCCCc1ccc(C)c2ccccc12. The van der Waals surface area contributed by atoms with E-state index in [1.807, 2.05) is 0 Å². The molecule has 2 rings (SSSR count). The maximum atomic E-state index is 3.39. The number of unbranched alkanes of at least 4 members (excludes halogenated alkanes) is 3. The predicted molar refractivity (Wildman–Crippen MR) is 89.4 cm³/mol. The lowest BCUT2D eigenvalue weighted by atomic mass is 9.96. The van der Waals surface area contributed by atoms with E-state index >= 15 is 0 Å². The van der Waals surface area contributed by atoms with Gasteiger partial charge in [-0.15, -0.1) is 0 Å². The molecule has 1 N–H and O–H groups in total. The Morgan fingerprint density at radius 3 is 2.40 bits per heavy atom. The highest BCUT2D eigenvalue weighted by atomic mass is 14.8. The molecular weight excluding hydrogens is 242 g/mol. The van der Waals surface area contributed by atoms with Crippen LogP contribution in [0.5, 0.6) is 0 Å². The van der Waals surface area contributed by atoms with Crippen molar-refractivity contribution in [3.63, 3.8) is 0 Å². The van der Waals surface area contributed by atoms with Gasteiger partial charge in [-0.3, -0.25) is 0 Å². The lowest BCUT2D eigenvalue weighted by Crippen LogP contribution is -2.13. The zero-order chi connectivity index (χ0) is 14.2. The van der Waals surface area contributed by atoms with Gasteiger partial charge in [0, 0.05) is 0 Å². The first-order chi connectivity index (χ1) is 9.83. The molecule has 2 aromatic rings. The molecule has 0 aliphatic carbocycles. The minimum absolute atomic E-state index is 1.09. The van der Waals surface area contributed by atoms with E-state index in [4.69, 9.17) is 0 Å². The average molecular weight is 269 g/mol. The number of fused-ring (bicyclic) bond motifs is 1. The lowest BCUT2D eigenvalue weighted by Gasteiger charge is -2.09. The van der Waals surface area contributed by atoms with Gasteiger partial charge in [-0.05, 0) is 61.2 Å². The van der Waals surface area contributed by atoms with Gasteiger partial charge in [0.1, 0.15) is 0 Å². The molecule has 0 fully saturated rings. The van der Waals surface area contributed by atoms with Crippen LogP contribution in [-0.2, 0) is 6.42 Å². The van der Waals surface area contributed by atoms with Crippen molar-refractivity contribution < 1.29 is 0 Å². The summed E-state index contributed by atoms with van der Waals surface area (Å²) in [5.41, 5.74) is 2.90. The van der Waals surface area contributed by atoms with E-state index in [1.165, 1.54) is 60.5 Å². The molecule has 1 heteroatoms. The number of hydrogen-bond acceptors (Lipinski definition) is 1. The molecule has 0 aliphatic heterocycles. The maximum absolute atomic E-state index is 3.39. The van der Waals surface area contributed by atoms with Crippen molar-refractivity contribution in [1.29, 1.82) is 0 Å². The Kier molecular flexibility index (Phi) is 6.07. The minimum Gasteiger partial charge on any atom is -0.317 e. The second kappa shape index (κ2) is 8.06. The minimum atomic E-state index is 1.09. The second-order valence-corrected chi connectivity index (χ2v) is 5.60. The van der Waals surface area contributed by atoms with Gasteiger partial charge >= 0.3 is 0 Å². The van der Waals surface area contributed by atoms with Crippen LogP contribution in [-0.4, -0.2) is 13.1 Å². The van der Waals surface area contributed by atoms with E-state index in [0.29, 0.717) is 0 Å². The van der Waals surface area contributed by atoms with E-state index in [9.17, 15) is 0 Å². The van der Waals surface area contributed by atoms with E-state index < -0.39 is 0 Å². The Hall–Kier alpha value is -1.34. The van der Waals surface area contributed by atoms with Crippen LogP contribution in [0.1, 0.15) is 43.7 Å². The predicted octanol–water partition coefficient (Wildman–Crippen LogP) is 4.86. The smallest absolute Gasteiger partial charge is 0.00490 e. The molecule has 0 saturated carbocycles. The Bertz CT molecular complexity index is 530. The third kappa shape index (κ3) is 4.08. The van der Waals surface area contributed by atoms with Crippen LogP contribution in [0.4, 0.5) is 0 Å². The monoisotopic (exact) mass is 269 g/mol. The Balaban J connectivity index is 1.86. The highest BCUT2D eigenvalue weighted by Crippen LogP contribution is 2.23. The number of rotatable bonds is 8. The topological polar surface area (TPSA) is 12.0 Å². The largest absolute Gasteiger partial charge is 0.317 e. The van der Waals surface area contributed by atoms with Crippen LogP contribution in [0, 0.1) is 6.92 Å². The van der Waals surface area contributed by atoms with Crippen LogP contribution < -0.4 is 5.32 Å². The molecule has 0 heterocycles. The summed E-state index contributed by atoms with van der Waals surface area (Å²) in [7, 11) is 0. The van der Waals surface area contributed by atoms with Crippen molar-refractivity contribution in [2.24, 2.45) is 0 Å². The van der Waals surface area contributed by atoms with Gasteiger partial charge in [0.2, 0.25) is 0 Å². The van der Waals surface area contributed by atoms with Gasteiger partial charge in [0.25, 0.3) is 0 Å². The van der Waals surface area contributed by atoms with Gasteiger partial charge in [-0.2, -0.15) is 0 Å². The number of nitrogens with one attached hydrogen (secondary N) is 1. The van der Waals surface area contributed by atoms with Crippen LogP contribution in [0.3, 0.4) is 0 Å². The van der Waals surface area contributed by atoms with Crippen molar-refractivity contribution in [2.45, 2.75) is 46.0 Å². The van der Waals surface area contributed by atoms with Crippen molar-refractivity contribution in [3.05, 3.63) is 47.5 Å². The van der Waals surface area contributed by atoms with Crippen molar-refractivity contribution in [2.75, 3.05) is 13.1 Å². The Morgan fingerprint density at radius 2 is 1.60 bits per heavy atom. The lowest BCUT2D eigenvalue weighted by molar-refractivity contribution is 0.598. The molecule has 0 amide bonds. The van der Waals surface area contributed by atoms with E-state index in [-0.39, 0.29) is 0 Å². The summed E-state index contributed by atoms with van der Waals surface area (Å²) >= 11 is 0. The van der Waals surface area contributed by atoms with Gasteiger partial charge in [0.15, 0.2) is 0 Å². The third-order valence-electron chi connectivity index (χ3n) is 4.03. The quantitative estimate of drug-likeness (QED) is 0.675. The molecule has 0 radical (unpaired) electrons. The highest BCUT2D eigenvalue weighted by Gasteiger charge is 2.02. The summed E-state index contributed by atoms with van der Waals surface area (Å²) in [6.45, 7) is 6.63. The summed E-state index contributed by atoms with van der Waals surface area (Å²) in [5.74, 6) is 0. The molecule has 2 aromatic carbocycles. The fraction of sp³-hybridized carbons (Fsp3) is 0.474. The summed E-state index contributed by atoms with van der Waals surface area (Å²) < 4.78 is 0. The van der Waals surface area contributed by atoms with Crippen molar-refractivity contribution in [1.82, 2.24) is 5.32 Å². The molecule has 108 valence electrons. The molecule has 0 bridgehead atoms. The zero-order valence-corrected chi connectivity index (χ0v) is 12.9. The van der Waals surface area contributed by atoms with Gasteiger partial charge in [-0.25, -0.2) is 0 Å². The molecule has 0 aliphatic rings. The van der Waals surface area contributed by atoms with Gasteiger partial charge in [0.05, 0.1) is 0 Å². The molecular formula is C19H27N. The van der Waals surface area contributed by atoms with E-state index in [1.54, 1.807) is 0 Å². The van der Waals surface area contributed by atoms with Crippen LogP contribution in [0.2, 0.25) is 0 Å². The first-order valence-corrected chi connectivity index (χ1v) is 8.01. The summed E-state index contributed by atoms with van der Waals surface area (Å²) in [4.78, 5) is 0. The van der Waals surface area contributed by atoms with Crippen molar-refractivity contribution in [3.8, 4) is 0 Å². The third-order valence-corrected chi connectivity index (χ3v) is 4.03. The summed E-state index contributed by atoms with van der Waals surface area (Å²) in [5, 5.41) is 6.25. The van der Waals surface area contributed by atoms with Gasteiger partial charge < -0.3 is 5.32 Å². The van der Waals surface area contributed by atoms with Gasteiger partial charge in [-0.1, -0.05) is 56.2 Å². The molecule has 0 saturated heterocycles. The number of hydrogen-bond donors (Lipinski definition) is 1. The van der Waals surface area contributed by atoms with Crippen LogP contribution in [0.25, 0.3) is 10.8 Å². The molecule has 0 spiro atoms. The molecule has 0 aromatic heterocycles. The highest BCUT2D eigenvalue weighted by molar-refractivity contribution is 5.88. The summed E-state index contributed by atoms with van der Waals surface area (Å²) in [6, 6.07) is 13.4. The first kappa shape index (κ1) is 15.1. The standard InChI is InChI=1S/C19H27N/c1-3-20-15-9-5-4-6-10-17-14-13-16(2)18-11-7-8-12-19(17)18/h7-8,11-14,20H,3-6,9-10,15H2,1-2H3. The van der Waals surface area contributed by atoms with E-state index in [0.717, 1.165) is 6.54 Å². The average Bonchev–Trinajstić information content (AvgIpc) is 2.49. The molecule has 0 unspecified atom stereocenters. The Morgan fingerprint density at radius 1 is 0.850 bits per heavy atom. The number of benzene rings is 2. The van der Waals surface area contributed by atoms with Crippen LogP contribution >= 0.6 is 0 Å². The normalized spacial score (nSPS) is 11.1. The molecule has 0 atom stereocenters. The summed E-state index contributed by atoms with van der Waals surface area (Å²) in [6.07, 6.45) is 6.51. The zero-order valence-electron chi connectivity index (χ0n) is 12.9. The molecule has 20 heavy (non-hydrogen) atoms. The fourth-order valence-corrected chi connectivity index (χ4v) is 2.83. The van der Waals surface area contributed by atoms with E-state index in [2.05, 4.69) is 55.6 Å². The molecule has 1 nitrogen and oxygen atoms in total. The second-order valence-electron chi connectivity index (χ2n) is 5.60. The van der Waals surface area contributed by atoms with Crippen LogP contribution in [0.15, 0.2) is 36.4 Å². The Labute approximate surface area is 123 Å². The maximum Gasteiger partial charge on any atom is -0.00490 e. The van der Waals surface area contributed by atoms with Crippen molar-refractivity contribution >= 4 is 10.8 Å². The number of aryl methyl sites for hydroxylation is 2.